The van der Waals surface area contributed by atoms with Gasteiger partial charge in [0.15, 0.2) is 0 Å². The summed E-state index contributed by atoms with van der Waals surface area (Å²) in [5.74, 6) is 1.09. The molecule has 0 aromatic carbocycles. The molecule has 2 atom stereocenters. The lowest BCUT2D eigenvalue weighted by atomic mass is 9.65. The molecule has 0 N–H and O–H groups in total. The van der Waals surface area contributed by atoms with Gasteiger partial charge >= 0.3 is 0 Å². The molecule has 2 aliphatic carbocycles. The molecule has 16 heavy (non-hydrogen) atoms. The van der Waals surface area contributed by atoms with E-state index in [9.17, 15) is 4.79 Å². The first kappa shape index (κ1) is 11.9. The summed E-state index contributed by atoms with van der Waals surface area (Å²) in [5.41, 5.74) is 1.63. The van der Waals surface area contributed by atoms with Crippen LogP contribution >= 0.6 is 0 Å². The fourth-order valence-electron chi connectivity index (χ4n) is 3.30. The van der Waals surface area contributed by atoms with Crippen LogP contribution in [0.25, 0.3) is 0 Å². The molecule has 2 unspecified atom stereocenters. The van der Waals surface area contributed by atoms with Gasteiger partial charge in [0.1, 0.15) is 5.78 Å². The van der Waals surface area contributed by atoms with Crippen LogP contribution in [0, 0.1) is 16.7 Å². The first-order valence-corrected chi connectivity index (χ1v) is 6.52. The van der Waals surface area contributed by atoms with Crippen molar-refractivity contribution in [2.45, 2.75) is 59.8 Å². The molecule has 1 saturated carbocycles. The first-order chi connectivity index (χ1) is 7.33. The van der Waals surface area contributed by atoms with Crippen molar-refractivity contribution in [2.24, 2.45) is 16.7 Å². The molecule has 1 fully saturated rings. The Bertz CT molecular complexity index is 337. The first-order valence-electron chi connectivity index (χ1n) is 6.52. The number of fused-ring (bicyclic) bond motifs is 1. The van der Waals surface area contributed by atoms with Crippen molar-refractivity contribution in [3.05, 3.63) is 11.6 Å². The minimum absolute atomic E-state index is 0.0622. The van der Waals surface area contributed by atoms with E-state index in [0.717, 1.165) is 19.3 Å². The molecule has 0 saturated heterocycles. The highest BCUT2D eigenvalue weighted by Gasteiger charge is 2.46. The number of ketones is 1. The number of hydrogen-bond acceptors (Lipinski definition) is 1. The Labute approximate surface area is 99.3 Å². The summed E-state index contributed by atoms with van der Waals surface area (Å²) in [7, 11) is 0. The van der Waals surface area contributed by atoms with Gasteiger partial charge in [-0.3, -0.25) is 4.79 Å². The van der Waals surface area contributed by atoms with E-state index < -0.39 is 0 Å². The summed E-state index contributed by atoms with van der Waals surface area (Å²) in [6.45, 7) is 8.89. The summed E-state index contributed by atoms with van der Waals surface area (Å²) in [6, 6.07) is 0. The molecule has 0 radical (unpaired) electrons. The summed E-state index contributed by atoms with van der Waals surface area (Å²) in [5, 5.41) is 0. The molecular weight excluding hydrogens is 196 g/mol. The third-order valence-electron chi connectivity index (χ3n) is 4.79. The SMILES string of the molecule is CC1=CCC2(C)C(=O)CC(C)(C)CCC2C1. The van der Waals surface area contributed by atoms with E-state index in [1.807, 2.05) is 0 Å². The van der Waals surface area contributed by atoms with Crippen LogP contribution in [0.5, 0.6) is 0 Å². The van der Waals surface area contributed by atoms with E-state index in [1.54, 1.807) is 0 Å². The maximum atomic E-state index is 12.5. The zero-order chi connectivity index (χ0) is 12.0. The van der Waals surface area contributed by atoms with E-state index in [4.69, 9.17) is 0 Å². The Morgan fingerprint density at radius 2 is 2.00 bits per heavy atom. The normalized spacial score (nSPS) is 38.6. The molecule has 0 aromatic rings. The largest absolute Gasteiger partial charge is 0.299 e. The van der Waals surface area contributed by atoms with Crippen molar-refractivity contribution < 1.29 is 4.79 Å². The van der Waals surface area contributed by atoms with E-state index in [-0.39, 0.29) is 10.8 Å². The van der Waals surface area contributed by atoms with Crippen LogP contribution in [0.1, 0.15) is 59.8 Å². The quantitative estimate of drug-likeness (QED) is 0.561. The van der Waals surface area contributed by atoms with Gasteiger partial charge in [-0.1, -0.05) is 32.4 Å². The predicted molar refractivity (Wildman–Crippen MR) is 67.2 cm³/mol. The molecule has 1 nitrogen and oxygen atoms in total. The van der Waals surface area contributed by atoms with Crippen LogP contribution in [0.4, 0.5) is 0 Å². The number of allylic oxidation sites excluding steroid dienone is 2. The summed E-state index contributed by atoms with van der Waals surface area (Å²) in [4.78, 5) is 12.5. The van der Waals surface area contributed by atoms with Crippen LogP contribution < -0.4 is 0 Å². The van der Waals surface area contributed by atoms with E-state index in [1.165, 1.54) is 18.4 Å². The molecule has 0 heterocycles. The second-order valence-electron chi connectivity index (χ2n) is 6.88. The van der Waals surface area contributed by atoms with Gasteiger partial charge in [-0.2, -0.15) is 0 Å². The highest BCUT2D eigenvalue weighted by atomic mass is 16.1. The van der Waals surface area contributed by atoms with Crippen molar-refractivity contribution >= 4 is 5.78 Å². The molecule has 1 heteroatoms. The zero-order valence-electron chi connectivity index (χ0n) is 11.1. The minimum atomic E-state index is -0.0622. The maximum Gasteiger partial charge on any atom is 0.139 e. The Kier molecular flexibility index (Phi) is 2.76. The molecule has 90 valence electrons. The standard InChI is InChI=1S/C15H24O/c1-11-5-8-15(4)12(9-11)6-7-14(2,3)10-13(15)16/h5,12H,6-10H2,1-4H3. The Hall–Kier alpha value is -0.590. The molecule has 0 aromatic heterocycles. The van der Waals surface area contributed by atoms with Crippen LogP contribution in [-0.4, -0.2) is 5.78 Å². The average molecular weight is 220 g/mol. The molecule has 2 aliphatic rings. The van der Waals surface area contributed by atoms with Crippen molar-refractivity contribution in [1.29, 1.82) is 0 Å². The topological polar surface area (TPSA) is 17.1 Å². The summed E-state index contributed by atoms with van der Waals surface area (Å²) < 4.78 is 0. The van der Waals surface area contributed by atoms with Gasteiger partial charge in [-0.15, -0.1) is 0 Å². The van der Waals surface area contributed by atoms with Crippen molar-refractivity contribution in [3.8, 4) is 0 Å². The number of carbonyl (C=O) groups is 1. The van der Waals surface area contributed by atoms with Crippen LogP contribution in [0.2, 0.25) is 0 Å². The maximum absolute atomic E-state index is 12.5. The van der Waals surface area contributed by atoms with Crippen molar-refractivity contribution in [3.63, 3.8) is 0 Å². The van der Waals surface area contributed by atoms with Crippen LogP contribution in [-0.2, 0) is 4.79 Å². The van der Waals surface area contributed by atoms with E-state index >= 15 is 0 Å². The zero-order valence-corrected chi connectivity index (χ0v) is 11.1. The summed E-state index contributed by atoms with van der Waals surface area (Å²) >= 11 is 0. The van der Waals surface area contributed by atoms with E-state index in [2.05, 4.69) is 33.8 Å². The highest BCUT2D eigenvalue weighted by molar-refractivity contribution is 5.86. The Morgan fingerprint density at radius 1 is 1.31 bits per heavy atom. The smallest absolute Gasteiger partial charge is 0.139 e. The van der Waals surface area contributed by atoms with Crippen LogP contribution in [0.3, 0.4) is 0 Å². The minimum Gasteiger partial charge on any atom is -0.299 e. The highest BCUT2D eigenvalue weighted by Crippen LogP contribution is 2.50. The van der Waals surface area contributed by atoms with Gasteiger partial charge in [0.25, 0.3) is 0 Å². The fraction of sp³-hybridized carbons (Fsp3) is 0.800. The lowest BCUT2D eigenvalue weighted by molar-refractivity contribution is -0.131. The lowest BCUT2D eigenvalue weighted by Gasteiger charge is -2.38. The van der Waals surface area contributed by atoms with Gasteiger partial charge in [0.05, 0.1) is 0 Å². The third kappa shape index (κ3) is 1.97. The number of Topliss-reactive ketones (excluding diaryl/α,β-unsaturated/α-hetero) is 1. The van der Waals surface area contributed by atoms with Crippen molar-refractivity contribution in [1.82, 2.24) is 0 Å². The molecule has 0 bridgehead atoms. The van der Waals surface area contributed by atoms with Gasteiger partial charge in [0.2, 0.25) is 0 Å². The van der Waals surface area contributed by atoms with Crippen molar-refractivity contribution in [2.75, 3.05) is 0 Å². The molecule has 0 spiro atoms. The van der Waals surface area contributed by atoms with Gasteiger partial charge in [-0.05, 0) is 43.9 Å². The number of hydrogen-bond donors (Lipinski definition) is 0. The molecule has 0 amide bonds. The second-order valence-corrected chi connectivity index (χ2v) is 6.88. The second kappa shape index (κ2) is 3.72. The summed E-state index contributed by atoms with van der Waals surface area (Å²) in [6.07, 6.45) is 7.59. The average Bonchev–Trinajstić information content (AvgIpc) is 2.26. The Morgan fingerprint density at radius 3 is 2.69 bits per heavy atom. The van der Waals surface area contributed by atoms with Gasteiger partial charge in [0, 0.05) is 11.8 Å². The third-order valence-corrected chi connectivity index (χ3v) is 4.79. The molecule has 0 aliphatic heterocycles. The van der Waals surface area contributed by atoms with Crippen LogP contribution in [0.15, 0.2) is 11.6 Å². The number of carbonyl (C=O) groups excluding carboxylic acids is 1. The fourth-order valence-corrected chi connectivity index (χ4v) is 3.30. The lowest BCUT2D eigenvalue weighted by Crippen LogP contribution is -2.37. The molecular formula is C15H24O. The molecule has 2 rings (SSSR count). The van der Waals surface area contributed by atoms with E-state index in [0.29, 0.717) is 11.7 Å². The monoisotopic (exact) mass is 220 g/mol. The Balaban J connectivity index is 2.30. The number of rotatable bonds is 0. The van der Waals surface area contributed by atoms with Gasteiger partial charge < -0.3 is 0 Å². The predicted octanol–water partition coefficient (Wildman–Crippen LogP) is 4.13. The van der Waals surface area contributed by atoms with Gasteiger partial charge in [-0.25, -0.2) is 0 Å².